The molecule has 1 aliphatic rings. The maximum absolute atomic E-state index is 13.1. The number of nitrogens with zero attached hydrogens (tertiary/aromatic N) is 2. The predicted octanol–water partition coefficient (Wildman–Crippen LogP) is 3.67. The van der Waals surface area contributed by atoms with E-state index in [1.165, 1.54) is 0 Å². The number of anilines is 1. The fourth-order valence-electron chi connectivity index (χ4n) is 3.90. The van der Waals surface area contributed by atoms with Gasteiger partial charge in [-0.2, -0.15) is 0 Å². The van der Waals surface area contributed by atoms with Gasteiger partial charge in [0.15, 0.2) is 0 Å². The summed E-state index contributed by atoms with van der Waals surface area (Å²) in [6.07, 6.45) is 2.28. The number of likely N-dealkylation sites (tertiary alicyclic amines) is 1. The third kappa shape index (κ3) is 4.64. The molecule has 1 aromatic carbocycles. The van der Waals surface area contributed by atoms with Crippen LogP contribution in [0.1, 0.15) is 50.4 Å². The van der Waals surface area contributed by atoms with Crippen LogP contribution in [0.25, 0.3) is 0 Å². The molecule has 0 spiro atoms. The molecule has 1 aromatic heterocycles. The van der Waals surface area contributed by atoms with Crippen molar-refractivity contribution < 1.29 is 4.79 Å². The Hall–Kier alpha value is -2.34. The quantitative estimate of drug-likeness (QED) is 0.779. The standard InChI is InChI=1S/C22H29ClN4O2/c1-5-18-14(2)24-21(26-19(18)28)25-17-10-12-27(13-11-17)20(29)22(3,4)15-6-8-16(23)9-7-15/h6-9,17H,5,10-13H2,1-4H3,(H2,24,25,26,28). The summed E-state index contributed by atoms with van der Waals surface area (Å²) in [6, 6.07) is 7.65. The second-order valence-electron chi connectivity index (χ2n) is 8.17. The van der Waals surface area contributed by atoms with Crippen molar-refractivity contribution in [1.29, 1.82) is 0 Å². The van der Waals surface area contributed by atoms with E-state index in [0.29, 0.717) is 30.5 Å². The summed E-state index contributed by atoms with van der Waals surface area (Å²) in [6.45, 7) is 9.06. The molecular weight excluding hydrogens is 388 g/mol. The normalized spacial score (nSPS) is 15.4. The molecular formula is C22H29ClN4O2. The third-order valence-corrected chi connectivity index (χ3v) is 6.05. The van der Waals surface area contributed by atoms with Gasteiger partial charge in [0.05, 0.1) is 5.41 Å². The van der Waals surface area contributed by atoms with Gasteiger partial charge in [-0.25, -0.2) is 4.98 Å². The van der Waals surface area contributed by atoms with E-state index in [1.807, 2.05) is 56.9 Å². The van der Waals surface area contributed by atoms with E-state index in [0.717, 1.165) is 29.7 Å². The first-order valence-electron chi connectivity index (χ1n) is 10.1. The Labute approximate surface area is 176 Å². The van der Waals surface area contributed by atoms with Gasteiger partial charge in [0.1, 0.15) is 0 Å². The van der Waals surface area contributed by atoms with Crippen molar-refractivity contribution >= 4 is 23.5 Å². The average Bonchev–Trinajstić information content (AvgIpc) is 2.68. The summed E-state index contributed by atoms with van der Waals surface area (Å²) in [5.41, 5.74) is 1.75. The molecule has 6 nitrogen and oxygen atoms in total. The van der Waals surface area contributed by atoms with E-state index >= 15 is 0 Å². The smallest absolute Gasteiger partial charge is 0.255 e. The number of hydrogen-bond acceptors (Lipinski definition) is 4. The van der Waals surface area contributed by atoms with Crippen LogP contribution in [0.3, 0.4) is 0 Å². The maximum atomic E-state index is 13.1. The summed E-state index contributed by atoms with van der Waals surface area (Å²) in [4.78, 5) is 34.5. The summed E-state index contributed by atoms with van der Waals surface area (Å²) >= 11 is 5.98. The Balaban J connectivity index is 1.62. The molecule has 2 aromatic rings. The van der Waals surface area contributed by atoms with Crippen LogP contribution in [0.2, 0.25) is 5.02 Å². The summed E-state index contributed by atoms with van der Waals surface area (Å²) in [5, 5.41) is 4.00. The van der Waals surface area contributed by atoms with Crippen LogP contribution in [0, 0.1) is 6.92 Å². The molecule has 156 valence electrons. The van der Waals surface area contributed by atoms with E-state index in [-0.39, 0.29) is 17.5 Å². The van der Waals surface area contributed by atoms with Gasteiger partial charge in [0.2, 0.25) is 11.9 Å². The van der Waals surface area contributed by atoms with Gasteiger partial charge in [-0.05, 0) is 57.7 Å². The number of nitrogens with one attached hydrogen (secondary N) is 2. The number of carbonyl (C=O) groups excluding carboxylic acids is 1. The van der Waals surface area contributed by atoms with Gasteiger partial charge < -0.3 is 10.2 Å². The van der Waals surface area contributed by atoms with Crippen LogP contribution in [0.4, 0.5) is 5.95 Å². The lowest BCUT2D eigenvalue weighted by Gasteiger charge is -2.37. The molecule has 0 saturated carbocycles. The van der Waals surface area contributed by atoms with Crippen molar-refractivity contribution in [1.82, 2.24) is 14.9 Å². The second-order valence-corrected chi connectivity index (χ2v) is 8.61. The number of benzene rings is 1. The van der Waals surface area contributed by atoms with Gasteiger partial charge in [-0.15, -0.1) is 0 Å². The Bertz CT molecular complexity index is 929. The number of amides is 1. The molecule has 29 heavy (non-hydrogen) atoms. The van der Waals surface area contributed by atoms with Crippen molar-refractivity contribution in [3.63, 3.8) is 0 Å². The lowest BCUT2D eigenvalue weighted by atomic mass is 9.82. The molecule has 2 N–H and O–H groups in total. The van der Waals surface area contributed by atoms with E-state index in [4.69, 9.17) is 11.6 Å². The molecule has 0 atom stereocenters. The Morgan fingerprint density at radius 3 is 2.45 bits per heavy atom. The molecule has 0 bridgehead atoms. The molecule has 1 saturated heterocycles. The first-order chi connectivity index (χ1) is 13.7. The highest BCUT2D eigenvalue weighted by Crippen LogP contribution is 2.28. The van der Waals surface area contributed by atoms with E-state index in [9.17, 15) is 9.59 Å². The third-order valence-electron chi connectivity index (χ3n) is 5.80. The highest BCUT2D eigenvalue weighted by Gasteiger charge is 2.35. The molecule has 1 amide bonds. The Morgan fingerprint density at radius 2 is 1.90 bits per heavy atom. The van der Waals surface area contributed by atoms with Crippen LogP contribution >= 0.6 is 11.6 Å². The van der Waals surface area contributed by atoms with Crippen LogP contribution in [-0.2, 0) is 16.6 Å². The lowest BCUT2D eigenvalue weighted by Crippen LogP contribution is -2.49. The maximum Gasteiger partial charge on any atom is 0.255 e. The molecule has 3 rings (SSSR count). The van der Waals surface area contributed by atoms with Crippen LogP contribution in [-0.4, -0.2) is 39.9 Å². The van der Waals surface area contributed by atoms with Gasteiger partial charge in [-0.3, -0.25) is 14.6 Å². The van der Waals surface area contributed by atoms with Crippen LogP contribution < -0.4 is 10.9 Å². The first kappa shape index (κ1) is 21.4. The van der Waals surface area contributed by atoms with Crippen molar-refractivity contribution in [3.05, 3.63) is 56.5 Å². The number of aromatic amines is 1. The molecule has 1 fully saturated rings. The number of H-pyrrole nitrogens is 1. The Kier molecular flexibility index (Phi) is 6.32. The number of hydrogen-bond donors (Lipinski definition) is 2. The highest BCUT2D eigenvalue weighted by atomic mass is 35.5. The van der Waals surface area contributed by atoms with Crippen LogP contribution in [0.5, 0.6) is 0 Å². The second kappa shape index (κ2) is 8.57. The van der Waals surface area contributed by atoms with Gasteiger partial charge in [-0.1, -0.05) is 30.7 Å². The van der Waals surface area contributed by atoms with Gasteiger partial charge in [0.25, 0.3) is 5.56 Å². The lowest BCUT2D eigenvalue weighted by molar-refractivity contribution is -0.137. The van der Waals surface area contributed by atoms with Crippen molar-refractivity contribution in [2.75, 3.05) is 18.4 Å². The Morgan fingerprint density at radius 1 is 1.28 bits per heavy atom. The monoisotopic (exact) mass is 416 g/mol. The SMILES string of the molecule is CCc1c(C)nc(NC2CCN(C(=O)C(C)(C)c3ccc(Cl)cc3)CC2)[nH]c1=O. The number of piperidine rings is 1. The minimum absolute atomic E-state index is 0.0835. The topological polar surface area (TPSA) is 78.1 Å². The van der Waals surface area contributed by atoms with E-state index < -0.39 is 5.41 Å². The molecule has 0 radical (unpaired) electrons. The predicted molar refractivity (Wildman–Crippen MR) is 117 cm³/mol. The van der Waals surface area contributed by atoms with Gasteiger partial charge in [0, 0.05) is 35.4 Å². The van der Waals surface area contributed by atoms with Crippen molar-refractivity contribution in [2.45, 2.75) is 58.4 Å². The number of aryl methyl sites for hydroxylation is 1. The highest BCUT2D eigenvalue weighted by molar-refractivity contribution is 6.30. The molecule has 2 heterocycles. The zero-order valence-electron chi connectivity index (χ0n) is 17.5. The van der Waals surface area contributed by atoms with Gasteiger partial charge >= 0.3 is 0 Å². The van der Waals surface area contributed by atoms with Crippen molar-refractivity contribution in [3.8, 4) is 0 Å². The zero-order chi connectivity index (χ0) is 21.2. The van der Waals surface area contributed by atoms with Crippen LogP contribution in [0.15, 0.2) is 29.1 Å². The fourth-order valence-corrected chi connectivity index (χ4v) is 4.03. The summed E-state index contributed by atoms with van der Waals surface area (Å²) < 4.78 is 0. The first-order valence-corrected chi connectivity index (χ1v) is 10.5. The fraction of sp³-hybridized carbons (Fsp3) is 0.500. The molecule has 1 aliphatic heterocycles. The minimum Gasteiger partial charge on any atom is -0.353 e. The minimum atomic E-state index is -0.606. The number of halogens is 1. The molecule has 0 aliphatic carbocycles. The molecule has 0 unspecified atom stereocenters. The van der Waals surface area contributed by atoms with E-state index in [2.05, 4.69) is 15.3 Å². The largest absolute Gasteiger partial charge is 0.353 e. The summed E-state index contributed by atoms with van der Waals surface area (Å²) in [5.74, 6) is 0.629. The number of rotatable bonds is 5. The number of aromatic nitrogens is 2. The number of carbonyl (C=O) groups is 1. The zero-order valence-corrected chi connectivity index (χ0v) is 18.3. The van der Waals surface area contributed by atoms with Crippen molar-refractivity contribution in [2.24, 2.45) is 0 Å². The molecule has 7 heteroatoms. The average molecular weight is 417 g/mol. The summed E-state index contributed by atoms with van der Waals surface area (Å²) in [7, 11) is 0. The van der Waals surface area contributed by atoms with E-state index in [1.54, 1.807) is 0 Å².